The number of pyridine rings is 1. The first-order chi connectivity index (χ1) is 9.30. The van der Waals surface area contributed by atoms with Crippen LogP contribution in [0.15, 0.2) is 24.4 Å². The SMILES string of the molecule is CC(CC1(c2ccccn2)COC1)N1CCNCC1. The number of hydrogen-bond donors (Lipinski definition) is 1. The van der Waals surface area contributed by atoms with E-state index in [4.69, 9.17) is 4.74 Å². The molecule has 3 heterocycles. The third-order valence-electron chi connectivity index (χ3n) is 4.43. The zero-order chi connectivity index (χ0) is 13.1. The van der Waals surface area contributed by atoms with Crippen molar-refractivity contribution in [2.75, 3.05) is 39.4 Å². The van der Waals surface area contributed by atoms with Gasteiger partial charge in [0.25, 0.3) is 0 Å². The van der Waals surface area contributed by atoms with Gasteiger partial charge in [0.1, 0.15) is 0 Å². The molecular formula is C15H23N3O. The lowest BCUT2D eigenvalue weighted by atomic mass is 9.76. The van der Waals surface area contributed by atoms with Gasteiger partial charge in [0.15, 0.2) is 0 Å². The number of ether oxygens (including phenoxy) is 1. The third-order valence-corrected chi connectivity index (χ3v) is 4.43. The highest BCUT2D eigenvalue weighted by Crippen LogP contribution is 2.36. The molecule has 1 aromatic heterocycles. The molecule has 2 aliphatic heterocycles. The number of piperazine rings is 1. The number of aromatic nitrogens is 1. The maximum atomic E-state index is 5.51. The van der Waals surface area contributed by atoms with Gasteiger partial charge in [-0.05, 0) is 25.5 Å². The van der Waals surface area contributed by atoms with Crippen molar-refractivity contribution in [3.05, 3.63) is 30.1 Å². The molecule has 0 aromatic carbocycles. The summed E-state index contributed by atoms with van der Waals surface area (Å²) < 4.78 is 5.51. The lowest BCUT2D eigenvalue weighted by Gasteiger charge is -2.45. The number of nitrogens with zero attached hydrogens (tertiary/aromatic N) is 2. The lowest BCUT2D eigenvalue weighted by Crippen LogP contribution is -2.54. The quantitative estimate of drug-likeness (QED) is 0.878. The standard InChI is InChI=1S/C15H23N3O/c1-13(18-8-6-16-7-9-18)10-15(11-19-12-15)14-4-2-3-5-17-14/h2-5,13,16H,6-12H2,1H3. The van der Waals surface area contributed by atoms with Crippen molar-refractivity contribution in [3.8, 4) is 0 Å². The summed E-state index contributed by atoms with van der Waals surface area (Å²) in [4.78, 5) is 7.14. The van der Waals surface area contributed by atoms with Gasteiger partial charge in [-0.15, -0.1) is 0 Å². The molecule has 4 heteroatoms. The maximum absolute atomic E-state index is 5.51. The second-order valence-electron chi connectivity index (χ2n) is 5.83. The largest absolute Gasteiger partial charge is 0.379 e. The van der Waals surface area contributed by atoms with E-state index in [1.54, 1.807) is 0 Å². The van der Waals surface area contributed by atoms with Crippen LogP contribution >= 0.6 is 0 Å². The van der Waals surface area contributed by atoms with E-state index in [0.29, 0.717) is 6.04 Å². The van der Waals surface area contributed by atoms with Crippen LogP contribution in [0, 0.1) is 0 Å². The fourth-order valence-corrected chi connectivity index (χ4v) is 3.21. The van der Waals surface area contributed by atoms with E-state index in [2.05, 4.69) is 34.3 Å². The van der Waals surface area contributed by atoms with Crippen LogP contribution in [0.2, 0.25) is 0 Å². The Bertz CT molecular complexity index is 399. The molecule has 4 nitrogen and oxygen atoms in total. The Morgan fingerprint density at radius 2 is 2.16 bits per heavy atom. The van der Waals surface area contributed by atoms with E-state index in [1.807, 2.05) is 12.3 Å². The maximum Gasteiger partial charge on any atom is 0.0607 e. The van der Waals surface area contributed by atoms with E-state index in [-0.39, 0.29) is 5.41 Å². The Labute approximate surface area is 115 Å². The van der Waals surface area contributed by atoms with Gasteiger partial charge in [0.05, 0.1) is 24.3 Å². The Balaban J connectivity index is 1.69. The van der Waals surface area contributed by atoms with Crippen molar-refractivity contribution in [2.45, 2.75) is 24.8 Å². The molecule has 1 N–H and O–H groups in total. The van der Waals surface area contributed by atoms with Gasteiger partial charge in [-0.25, -0.2) is 0 Å². The summed E-state index contributed by atoms with van der Waals surface area (Å²) in [5.74, 6) is 0. The Morgan fingerprint density at radius 3 is 2.74 bits per heavy atom. The highest BCUT2D eigenvalue weighted by atomic mass is 16.5. The van der Waals surface area contributed by atoms with Crippen LogP contribution in [0.4, 0.5) is 0 Å². The molecule has 2 fully saturated rings. The Kier molecular flexibility index (Phi) is 3.82. The summed E-state index contributed by atoms with van der Waals surface area (Å²) in [7, 11) is 0. The van der Waals surface area contributed by atoms with Crippen LogP contribution in [-0.4, -0.2) is 55.3 Å². The number of hydrogen-bond acceptors (Lipinski definition) is 4. The van der Waals surface area contributed by atoms with E-state index < -0.39 is 0 Å². The monoisotopic (exact) mass is 261 g/mol. The summed E-state index contributed by atoms with van der Waals surface area (Å²) in [5, 5.41) is 3.41. The normalized spacial score (nSPS) is 24.7. The van der Waals surface area contributed by atoms with Crippen molar-refractivity contribution >= 4 is 0 Å². The predicted molar refractivity (Wildman–Crippen MR) is 75.3 cm³/mol. The molecule has 1 unspecified atom stereocenters. The molecule has 1 aromatic rings. The minimum Gasteiger partial charge on any atom is -0.379 e. The van der Waals surface area contributed by atoms with E-state index >= 15 is 0 Å². The first-order valence-corrected chi connectivity index (χ1v) is 7.24. The molecule has 0 amide bonds. The lowest BCUT2D eigenvalue weighted by molar-refractivity contribution is -0.0767. The second-order valence-corrected chi connectivity index (χ2v) is 5.83. The molecule has 0 saturated carbocycles. The highest BCUT2D eigenvalue weighted by Gasteiger charge is 2.43. The second kappa shape index (κ2) is 5.57. The summed E-state index contributed by atoms with van der Waals surface area (Å²) >= 11 is 0. The van der Waals surface area contributed by atoms with Crippen molar-refractivity contribution < 1.29 is 4.74 Å². The summed E-state index contributed by atoms with van der Waals surface area (Å²) in [6, 6.07) is 6.80. The van der Waals surface area contributed by atoms with Gasteiger partial charge < -0.3 is 10.1 Å². The van der Waals surface area contributed by atoms with Crippen LogP contribution < -0.4 is 5.32 Å². The van der Waals surface area contributed by atoms with Crippen LogP contribution in [0.25, 0.3) is 0 Å². The molecule has 3 rings (SSSR count). The van der Waals surface area contributed by atoms with Gasteiger partial charge in [0.2, 0.25) is 0 Å². The van der Waals surface area contributed by atoms with Crippen molar-refractivity contribution in [1.29, 1.82) is 0 Å². The molecule has 0 radical (unpaired) electrons. The van der Waals surface area contributed by atoms with Crippen LogP contribution in [0.5, 0.6) is 0 Å². The topological polar surface area (TPSA) is 37.4 Å². The van der Waals surface area contributed by atoms with Gasteiger partial charge >= 0.3 is 0 Å². The molecule has 0 bridgehead atoms. The molecule has 19 heavy (non-hydrogen) atoms. The first-order valence-electron chi connectivity index (χ1n) is 7.24. The predicted octanol–water partition coefficient (Wildman–Crippen LogP) is 1.03. The Hall–Kier alpha value is -0.970. The van der Waals surface area contributed by atoms with Crippen LogP contribution in [-0.2, 0) is 10.2 Å². The average Bonchev–Trinajstić information content (AvgIpc) is 2.44. The first kappa shape index (κ1) is 13.0. The van der Waals surface area contributed by atoms with Gasteiger partial charge in [0, 0.05) is 38.4 Å². The molecule has 0 aliphatic carbocycles. The minimum absolute atomic E-state index is 0.144. The van der Waals surface area contributed by atoms with E-state index in [9.17, 15) is 0 Å². The fourth-order valence-electron chi connectivity index (χ4n) is 3.21. The average molecular weight is 261 g/mol. The van der Waals surface area contributed by atoms with Crippen molar-refractivity contribution in [3.63, 3.8) is 0 Å². The van der Waals surface area contributed by atoms with E-state index in [1.165, 1.54) is 5.69 Å². The van der Waals surface area contributed by atoms with Gasteiger partial charge in [-0.2, -0.15) is 0 Å². The van der Waals surface area contributed by atoms with E-state index in [0.717, 1.165) is 45.8 Å². The summed E-state index contributed by atoms with van der Waals surface area (Å²) in [6.07, 6.45) is 3.04. The summed E-state index contributed by atoms with van der Waals surface area (Å²) in [5.41, 5.74) is 1.34. The van der Waals surface area contributed by atoms with Gasteiger partial charge in [-0.1, -0.05) is 6.07 Å². The molecule has 2 aliphatic rings. The smallest absolute Gasteiger partial charge is 0.0607 e. The highest BCUT2D eigenvalue weighted by molar-refractivity contribution is 5.21. The molecule has 104 valence electrons. The molecular weight excluding hydrogens is 238 g/mol. The molecule has 0 spiro atoms. The minimum atomic E-state index is 0.144. The summed E-state index contributed by atoms with van der Waals surface area (Å²) in [6.45, 7) is 8.50. The molecule has 2 saturated heterocycles. The third kappa shape index (κ3) is 2.66. The number of rotatable bonds is 4. The molecule has 1 atom stereocenters. The zero-order valence-electron chi connectivity index (χ0n) is 11.6. The van der Waals surface area contributed by atoms with Gasteiger partial charge in [-0.3, -0.25) is 9.88 Å². The zero-order valence-corrected chi connectivity index (χ0v) is 11.6. The fraction of sp³-hybridized carbons (Fsp3) is 0.667. The number of nitrogens with one attached hydrogen (secondary N) is 1. The van der Waals surface area contributed by atoms with Crippen molar-refractivity contribution in [2.24, 2.45) is 0 Å². The Morgan fingerprint density at radius 1 is 1.37 bits per heavy atom. The van der Waals surface area contributed by atoms with Crippen LogP contribution in [0.1, 0.15) is 19.0 Å². The van der Waals surface area contributed by atoms with Crippen LogP contribution in [0.3, 0.4) is 0 Å². The van der Waals surface area contributed by atoms with Crippen molar-refractivity contribution in [1.82, 2.24) is 15.2 Å².